The van der Waals surface area contributed by atoms with Crippen LogP contribution in [-0.2, 0) is 0 Å². The van der Waals surface area contributed by atoms with Crippen molar-refractivity contribution in [2.24, 2.45) is 0 Å². The van der Waals surface area contributed by atoms with E-state index in [0.29, 0.717) is 5.76 Å². The lowest BCUT2D eigenvalue weighted by molar-refractivity contribution is 0.196. The Morgan fingerprint density at radius 2 is 2.00 bits per heavy atom. The van der Waals surface area contributed by atoms with Gasteiger partial charge in [-0.3, -0.25) is 0 Å². The lowest BCUT2D eigenvalue weighted by atomic mass is 10.2. The highest BCUT2D eigenvalue weighted by atomic mass is 32.1. The van der Waals surface area contributed by atoms with Crippen LogP contribution in [0.4, 0.5) is 0 Å². The molecule has 0 aliphatic heterocycles. The fraction of sp³-hybridized carbons (Fsp3) is 0.0769. The Morgan fingerprint density at radius 3 is 2.75 bits per heavy atom. The normalized spacial score (nSPS) is 13.1. The van der Waals surface area contributed by atoms with Crippen molar-refractivity contribution in [3.05, 3.63) is 58.5 Å². The number of hydrogen-bond acceptors (Lipinski definition) is 3. The van der Waals surface area contributed by atoms with Crippen LogP contribution in [0.15, 0.2) is 52.3 Å². The van der Waals surface area contributed by atoms with E-state index in [1.165, 1.54) is 11.3 Å². The van der Waals surface area contributed by atoms with Crippen molar-refractivity contribution in [2.75, 3.05) is 0 Å². The predicted molar refractivity (Wildman–Crippen MR) is 64.6 cm³/mol. The van der Waals surface area contributed by atoms with Crippen molar-refractivity contribution in [1.82, 2.24) is 0 Å². The molecule has 0 aliphatic rings. The molecule has 0 radical (unpaired) electrons. The number of benzene rings is 1. The first-order valence-corrected chi connectivity index (χ1v) is 5.92. The summed E-state index contributed by atoms with van der Waals surface area (Å²) in [6, 6.07) is 13.5. The minimum Gasteiger partial charge on any atom is -0.458 e. The first kappa shape index (κ1) is 9.63. The molecule has 2 nitrogen and oxygen atoms in total. The van der Waals surface area contributed by atoms with Gasteiger partial charge < -0.3 is 9.52 Å². The zero-order valence-electron chi connectivity index (χ0n) is 8.46. The molecule has 1 aromatic carbocycles. The fourth-order valence-electron chi connectivity index (χ4n) is 1.72. The second-order valence-corrected chi connectivity index (χ2v) is 4.58. The fourth-order valence-corrected chi connectivity index (χ4v) is 2.44. The second-order valence-electron chi connectivity index (χ2n) is 3.60. The van der Waals surface area contributed by atoms with Gasteiger partial charge in [-0.15, -0.1) is 11.3 Å². The van der Waals surface area contributed by atoms with E-state index in [1.807, 2.05) is 47.8 Å². The Bertz CT molecular complexity index is 562. The van der Waals surface area contributed by atoms with Gasteiger partial charge in [-0.2, -0.15) is 0 Å². The van der Waals surface area contributed by atoms with Crippen LogP contribution in [0.2, 0.25) is 0 Å². The maximum Gasteiger partial charge on any atom is 0.146 e. The summed E-state index contributed by atoms with van der Waals surface area (Å²) < 4.78 is 5.61. The zero-order valence-corrected chi connectivity index (χ0v) is 9.28. The molecule has 0 aliphatic carbocycles. The topological polar surface area (TPSA) is 33.4 Å². The van der Waals surface area contributed by atoms with Gasteiger partial charge >= 0.3 is 0 Å². The standard InChI is InChI=1S/C13H10O2S/c14-13(12-6-3-7-16-12)11-8-9-4-1-2-5-10(9)15-11/h1-8,13-14H/t13-/m0/s1. The highest BCUT2D eigenvalue weighted by Gasteiger charge is 2.15. The monoisotopic (exact) mass is 230 g/mol. The minimum atomic E-state index is -0.660. The third-order valence-electron chi connectivity index (χ3n) is 2.53. The quantitative estimate of drug-likeness (QED) is 0.730. The summed E-state index contributed by atoms with van der Waals surface area (Å²) in [6.45, 7) is 0. The number of para-hydroxylation sites is 1. The molecule has 16 heavy (non-hydrogen) atoms. The number of aliphatic hydroxyl groups excluding tert-OH is 1. The van der Waals surface area contributed by atoms with E-state index in [9.17, 15) is 5.11 Å². The molecule has 1 atom stereocenters. The Labute approximate surface area is 96.8 Å². The van der Waals surface area contributed by atoms with E-state index in [4.69, 9.17) is 4.42 Å². The van der Waals surface area contributed by atoms with Gasteiger partial charge in [-0.1, -0.05) is 24.3 Å². The summed E-state index contributed by atoms with van der Waals surface area (Å²) in [5, 5.41) is 13.1. The number of fused-ring (bicyclic) bond motifs is 1. The molecule has 0 bridgehead atoms. The number of hydrogen-bond donors (Lipinski definition) is 1. The van der Waals surface area contributed by atoms with Gasteiger partial charge in [-0.25, -0.2) is 0 Å². The molecule has 1 N–H and O–H groups in total. The first-order chi connectivity index (χ1) is 7.84. The van der Waals surface area contributed by atoms with Crippen LogP contribution in [0.25, 0.3) is 11.0 Å². The molecular weight excluding hydrogens is 220 g/mol. The lowest BCUT2D eigenvalue weighted by Gasteiger charge is -2.03. The van der Waals surface area contributed by atoms with Gasteiger partial charge in [0.05, 0.1) is 0 Å². The third-order valence-corrected chi connectivity index (χ3v) is 3.45. The van der Waals surface area contributed by atoms with Crippen molar-refractivity contribution < 1.29 is 9.52 Å². The van der Waals surface area contributed by atoms with Crippen LogP contribution >= 0.6 is 11.3 Å². The average Bonchev–Trinajstić information content (AvgIpc) is 2.97. The Balaban J connectivity index is 2.06. The smallest absolute Gasteiger partial charge is 0.146 e. The van der Waals surface area contributed by atoms with Gasteiger partial charge in [0.1, 0.15) is 17.4 Å². The van der Waals surface area contributed by atoms with Gasteiger partial charge in [0.15, 0.2) is 0 Å². The molecule has 3 rings (SSSR count). The van der Waals surface area contributed by atoms with Gasteiger partial charge in [-0.05, 0) is 23.6 Å². The molecule has 0 spiro atoms. The molecule has 80 valence electrons. The van der Waals surface area contributed by atoms with Crippen LogP contribution in [0, 0.1) is 0 Å². The lowest BCUT2D eigenvalue weighted by Crippen LogP contribution is -1.93. The molecule has 0 fully saturated rings. The SMILES string of the molecule is O[C@@H](c1cc2ccccc2o1)c1cccs1. The maximum atomic E-state index is 10.1. The Morgan fingerprint density at radius 1 is 1.12 bits per heavy atom. The van der Waals surface area contributed by atoms with E-state index in [1.54, 1.807) is 0 Å². The summed E-state index contributed by atoms with van der Waals surface area (Å²) in [5.41, 5.74) is 0.813. The Hall–Kier alpha value is -1.58. The highest BCUT2D eigenvalue weighted by molar-refractivity contribution is 7.10. The summed E-state index contributed by atoms with van der Waals surface area (Å²) in [5.74, 6) is 0.601. The van der Waals surface area contributed by atoms with E-state index in [2.05, 4.69) is 0 Å². The molecule has 0 saturated heterocycles. The molecule has 0 unspecified atom stereocenters. The molecule has 0 saturated carbocycles. The summed E-state index contributed by atoms with van der Waals surface area (Å²) >= 11 is 1.53. The van der Waals surface area contributed by atoms with Gasteiger partial charge in [0.2, 0.25) is 0 Å². The second kappa shape index (κ2) is 3.77. The van der Waals surface area contributed by atoms with Crippen LogP contribution < -0.4 is 0 Å². The zero-order chi connectivity index (χ0) is 11.0. The van der Waals surface area contributed by atoms with Crippen LogP contribution in [0.3, 0.4) is 0 Å². The summed E-state index contributed by atoms with van der Waals surface area (Å²) in [4.78, 5) is 0.902. The molecule has 2 heterocycles. The molecular formula is C13H10O2S. The Kier molecular flexibility index (Phi) is 2.27. The predicted octanol–water partition coefficient (Wildman–Crippen LogP) is 3.58. The maximum absolute atomic E-state index is 10.1. The third kappa shape index (κ3) is 1.54. The largest absolute Gasteiger partial charge is 0.458 e. The summed E-state index contributed by atoms with van der Waals surface area (Å²) in [6.07, 6.45) is -0.660. The molecule has 3 heteroatoms. The number of aliphatic hydroxyl groups is 1. The van der Waals surface area contributed by atoms with Crippen molar-refractivity contribution in [2.45, 2.75) is 6.10 Å². The molecule has 2 aromatic heterocycles. The van der Waals surface area contributed by atoms with Crippen LogP contribution in [-0.4, -0.2) is 5.11 Å². The number of thiophene rings is 1. The van der Waals surface area contributed by atoms with Crippen molar-refractivity contribution in [1.29, 1.82) is 0 Å². The van der Waals surface area contributed by atoms with Gasteiger partial charge in [0, 0.05) is 10.3 Å². The number of furan rings is 1. The van der Waals surface area contributed by atoms with Crippen LogP contribution in [0.5, 0.6) is 0 Å². The van der Waals surface area contributed by atoms with Crippen molar-refractivity contribution >= 4 is 22.3 Å². The van der Waals surface area contributed by atoms with Crippen molar-refractivity contribution in [3.63, 3.8) is 0 Å². The van der Waals surface area contributed by atoms with Gasteiger partial charge in [0.25, 0.3) is 0 Å². The van der Waals surface area contributed by atoms with Crippen molar-refractivity contribution in [3.8, 4) is 0 Å². The van der Waals surface area contributed by atoms with E-state index < -0.39 is 6.10 Å². The molecule has 0 amide bonds. The first-order valence-electron chi connectivity index (χ1n) is 5.04. The van der Waals surface area contributed by atoms with E-state index in [-0.39, 0.29) is 0 Å². The summed E-state index contributed by atoms with van der Waals surface area (Å²) in [7, 11) is 0. The average molecular weight is 230 g/mol. The number of rotatable bonds is 2. The molecule has 3 aromatic rings. The van der Waals surface area contributed by atoms with Crippen LogP contribution in [0.1, 0.15) is 16.7 Å². The van der Waals surface area contributed by atoms with E-state index in [0.717, 1.165) is 15.8 Å². The minimum absolute atomic E-state index is 0.601. The highest BCUT2D eigenvalue weighted by Crippen LogP contribution is 2.30. The van der Waals surface area contributed by atoms with E-state index >= 15 is 0 Å².